The number of ketones is 1. The van der Waals surface area contributed by atoms with Gasteiger partial charge in [0.15, 0.2) is 9.84 Å². The Morgan fingerprint density at radius 3 is 2.50 bits per heavy atom. The Bertz CT molecular complexity index is 856. The first-order chi connectivity index (χ1) is 10.2. The lowest BCUT2D eigenvalue weighted by Gasteiger charge is -2.10. The fourth-order valence-electron chi connectivity index (χ4n) is 2.16. The van der Waals surface area contributed by atoms with Crippen molar-refractivity contribution in [1.29, 1.82) is 0 Å². The van der Waals surface area contributed by atoms with Crippen LogP contribution in [0.15, 0.2) is 23.2 Å². The van der Waals surface area contributed by atoms with E-state index in [1.54, 1.807) is 6.92 Å². The third-order valence-electron chi connectivity index (χ3n) is 3.34. The fraction of sp³-hybridized carbons (Fsp3) is 0.286. The smallest absolute Gasteiger partial charge is 0.220 e. The Balaban J connectivity index is 2.56. The molecule has 0 saturated carbocycles. The third-order valence-corrected chi connectivity index (χ3v) is 5.06. The van der Waals surface area contributed by atoms with Gasteiger partial charge in [-0.25, -0.2) is 13.1 Å². The molecular formula is C14H15ClN2O4S. The predicted octanol–water partition coefficient (Wildman–Crippen LogP) is 2.20. The fourth-order valence-corrected chi connectivity index (χ4v) is 3.44. The van der Waals surface area contributed by atoms with Crippen molar-refractivity contribution in [1.82, 2.24) is 9.78 Å². The zero-order chi connectivity index (χ0) is 16.7. The van der Waals surface area contributed by atoms with Gasteiger partial charge in [-0.05, 0) is 31.5 Å². The number of aromatic nitrogens is 2. The molecule has 0 aliphatic heterocycles. The highest BCUT2D eigenvalue weighted by atomic mass is 35.5. The van der Waals surface area contributed by atoms with Crippen molar-refractivity contribution in [3.05, 3.63) is 40.0 Å². The zero-order valence-corrected chi connectivity index (χ0v) is 13.9. The number of carbonyl (C=O) groups excluding carboxylic acids is 1. The summed E-state index contributed by atoms with van der Waals surface area (Å²) in [6.07, 6.45) is 2.33. The molecule has 0 fully saturated rings. The van der Waals surface area contributed by atoms with Crippen molar-refractivity contribution < 1.29 is 18.3 Å². The first-order valence-electron chi connectivity index (χ1n) is 6.47. The summed E-state index contributed by atoms with van der Waals surface area (Å²) in [5, 5.41) is 13.9. The number of hydrogen-bond acceptors (Lipinski definition) is 5. The van der Waals surface area contributed by atoms with Gasteiger partial charge in [0, 0.05) is 18.4 Å². The molecule has 1 heterocycles. The topological polar surface area (TPSA) is 89.3 Å². The lowest BCUT2D eigenvalue weighted by atomic mass is 10.0. The van der Waals surface area contributed by atoms with Crippen molar-refractivity contribution in [2.45, 2.75) is 25.3 Å². The van der Waals surface area contributed by atoms with E-state index in [0.717, 1.165) is 6.26 Å². The van der Waals surface area contributed by atoms with E-state index in [1.165, 1.54) is 29.9 Å². The lowest BCUT2D eigenvalue weighted by Crippen LogP contribution is -2.07. The summed E-state index contributed by atoms with van der Waals surface area (Å²) in [5.74, 6) is -0.751. The Kier molecular flexibility index (Phi) is 4.30. The third kappa shape index (κ3) is 2.74. The zero-order valence-electron chi connectivity index (χ0n) is 12.3. The number of hydrogen-bond donors (Lipinski definition) is 1. The minimum absolute atomic E-state index is 0.0234. The normalized spacial score (nSPS) is 11.6. The second-order valence-electron chi connectivity index (χ2n) is 4.85. The molecule has 2 rings (SSSR count). The lowest BCUT2D eigenvalue weighted by molar-refractivity contribution is 0.103. The van der Waals surface area contributed by atoms with Gasteiger partial charge in [-0.1, -0.05) is 11.6 Å². The van der Waals surface area contributed by atoms with Crippen LogP contribution < -0.4 is 0 Å². The van der Waals surface area contributed by atoms with Gasteiger partial charge in [-0.15, -0.1) is 0 Å². The van der Waals surface area contributed by atoms with Gasteiger partial charge in [0.2, 0.25) is 11.7 Å². The van der Waals surface area contributed by atoms with Crippen LogP contribution in [-0.2, 0) is 16.4 Å². The average Bonchev–Trinajstić information content (AvgIpc) is 2.80. The molecule has 1 aromatic carbocycles. The van der Waals surface area contributed by atoms with E-state index in [4.69, 9.17) is 11.6 Å². The molecule has 0 amide bonds. The van der Waals surface area contributed by atoms with E-state index >= 15 is 0 Å². The molecule has 0 radical (unpaired) electrons. The summed E-state index contributed by atoms with van der Waals surface area (Å²) in [6.45, 7) is 3.72. The molecule has 8 heteroatoms. The molecule has 1 N–H and O–H groups in total. The summed E-state index contributed by atoms with van der Waals surface area (Å²) in [5.41, 5.74) is 0.449. The van der Waals surface area contributed by atoms with Crippen LogP contribution in [-0.4, -0.2) is 35.3 Å². The van der Waals surface area contributed by atoms with E-state index in [9.17, 15) is 18.3 Å². The quantitative estimate of drug-likeness (QED) is 0.860. The second-order valence-corrected chi connectivity index (χ2v) is 7.21. The number of benzene rings is 1. The Morgan fingerprint density at radius 1 is 1.36 bits per heavy atom. The number of sulfone groups is 1. The summed E-state index contributed by atoms with van der Waals surface area (Å²) in [6, 6.07) is 2.68. The van der Waals surface area contributed by atoms with Crippen LogP contribution in [0, 0.1) is 6.92 Å². The summed E-state index contributed by atoms with van der Waals surface area (Å²) < 4.78 is 24.6. The first kappa shape index (κ1) is 16.5. The van der Waals surface area contributed by atoms with Crippen LogP contribution in [0.4, 0.5) is 0 Å². The molecule has 118 valence electrons. The van der Waals surface area contributed by atoms with Crippen molar-refractivity contribution in [3.63, 3.8) is 0 Å². The van der Waals surface area contributed by atoms with E-state index in [0.29, 0.717) is 12.1 Å². The number of aromatic hydroxyl groups is 1. The molecule has 2 aromatic rings. The molecule has 0 aliphatic carbocycles. The van der Waals surface area contributed by atoms with Crippen LogP contribution in [0.2, 0.25) is 5.02 Å². The maximum atomic E-state index is 12.5. The van der Waals surface area contributed by atoms with Gasteiger partial charge >= 0.3 is 0 Å². The summed E-state index contributed by atoms with van der Waals surface area (Å²) in [7, 11) is -3.43. The van der Waals surface area contributed by atoms with E-state index in [-0.39, 0.29) is 26.9 Å². The molecule has 6 nitrogen and oxygen atoms in total. The Hall–Kier alpha value is -1.86. The standard InChI is InChI=1S/C14H15ClN2O4S/c1-4-17-14(19)10(7-16-17)13(18)9-5-6-11(22(3,20)21)8(2)12(9)15/h5-7,19H,4H2,1-3H3. The van der Waals surface area contributed by atoms with Crippen LogP contribution >= 0.6 is 11.6 Å². The monoisotopic (exact) mass is 342 g/mol. The van der Waals surface area contributed by atoms with Gasteiger partial charge in [0.1, 0.15) is 5.56 Å². The largest absolute Gasteiger partial charge is 0.493 e. The van der Waals surface area contributed by atoms with E-state index in [2.05, 4.69) is 5.10 Å². The molecule has 1 aromatic heterocycles. The first-order valence-corrected chi connectivity index (χ1v) is 8.74. The number of aryl methyl sites for hydroxylation is 1. The van der Waals surface area contributed by atoms with Crippen molar-refractivity contribution in [3.8, 4) is 5.88 Å². The highest BCUT2D eigenvalue weighted by Gasteiger charge is 2.23. The van der Waals surface area contributed by atoms with Crippen LogP contribution in [0.1, 0.15) is 28.4 Å². The molecule has 0 bridgehead atoms. The molecule has 0 saturated heterocycles. The van der Waals surface area contributed by atoms with Gasteiger partial charge in [-0.2, -0.15) is 5.10 Å². The molecule has 0 atom stereocenters. The van der Waals surface area contributed by atoms with Crippen molar-refractivity contribution >= 4 is 27.2 Å². The molecule has 0 spiro atoms. The van der Waals surface area contributed by atoms with Crippen LogP contribution in [0.3, 0.4) is 0 Å². The summed E-state index contributed by atoms with van der Waals surface area (Å²) in [4.78, 5) is 12.6. The number of carbonyl (C=O) groups is 1. The maximum absolute atomic E-state index is 12.5. The highest BCUT2D eigenvalue weighted by Crippen LogP contribution is 2.30. The highest BCUT2D eigenvalue weighted by molar-refractivity contribution is 7.90. The van der Waals surface area contributed by atoms with Gasteiger partial charge in [0.05, 0.1) is 16.1 Å². The van der Waals surface area contributed by atoms with Crippen LogP contribution in [0.5, 0.6) is 5.88 Å². The number of nitrogens with zero attached hydrogens (tertiary/aromatic N) is 2. The average molecular weight is 343 g/mol. The molecule has 0 aliphatic rings. The minimum atomic E-state index is -3.43. The molecule has 0 unspecified atom stereocenters. The van der Waals surface area contributed by atoms with Crippen molar-refractivity contribution in [2.75, 3.05) is 6.26 Å². The summed E-state index contributed by atoms with van der Waals surface area (Å²) >= 11 is 6.15. The Labute approximate surface area is 133 Å². The minimum Gasteiger partial charge on any atom is -0.493 e. The SMILES string of the molecule is CCn1ncc(C(=O)c2ccc(S(C)(=O)=O)c(C)c2Cl)c1O. The van der Waals surface area contributed by atoms with Gasteiger partial charge in [0.25, 0.3) is 0 Å². The van der Waals surface area contributed by atoms with E-state index < -0.39 is 15.6 Å². The Morgan fingerprint density at radius 2 is 2.00 bits per heavy atom. The van der Waals surface area contributed by atoms with Gasteiger partial charge in [-0.3, -0.25) is 4.79 Å². The molecule has 22 heavy (non-hydrogen) atoms. The van der Waals surface area contributed by atoms with E-state index in [1.807, 2.05) is 0 Å². The molecular weight excluding hydrogens is 328 g/mol. The van der Waals surface area contributed by atoms with Gasteiger partial charge < -0.3 is 5.11 Å². The number of rotatable bonds is 4. The number of halogens is 1. The van der Waals surface area contributed by atoms with Crippen molar-refractivity contribution in [2.24, 2.45) is 0 Å². The maximum Gasteiger partial charge on any atom is 0.220 e. The second kappa shape index (κ2) is 5.73. The predicted molar refractivity (Wildman–Crippen MR) is 82.3 cm³/mol. The van der Waals surface area contributed by atoms with Crippen LogP contribution in [0.25, 0.3) is 0 Å².